The molecule has 1 aliphatic heterocycles. The number of thioether (sulfide) groups is 1. The molecule has 4 nitrogen and oxygen atoms in total. The minimum Gasteiger partial charge on any atom is -0.464 e. The third-order valence-corrected chi connectivity index (χ3v) is 5.52. The summed E-state index contributed by atoms with van der Waals surface area (Å²) in [5.41, 5.74) is 1.60. The molecule has 0 radical (unpaired) electrons. The zero-order valence-corrected chi connectivity index (χ0v) is 16.6. The van der Waals surface area contributed by atoms with E-state index in [1.165, 1.54) is 0 Å². The average Bonchev–Trinajstić information content (AvgIpc) is 2.95. The highest BCUT2D eigenvalue weighted by Gasteiger charge is 2.43. The van der Waals surface area contributed by atoms with E-state index in [9.17, 15) is 9.59 Å². The van der Waals surface area contributed by atoms with Gasteiger partial charge in [0.05, 0.1) is 12.0 Å². The summed E-state index contributed by atoms with van der Waals surface area (Å²) in [6.07, 6.45) is 0.871. The molecule has 1 aromatic rings. The van der Waals surface area contributed by atoms with Crippen molar-refractivity contribution < 1.29 is 14.3 Å². The van der Waals surface area contributed by atoms with Crippen molar-refractivity contribution in [2.45, 2.75) is 52.5 Å². The van der Waals surface area contributed by atoms with Gasteiger partial charge in [0.1, 0.15) is 6.04 Å². The van der Waals surface area contributed by atoms with Gasteiger partial charge in [-0.05, 0) is 36.8 Å². The van der Waals surface area contributed by atoms with E-state index < -0.39 is 6.04 Å². The van der Waals surface area contributed by atoms with Crippen LogP contribution in [0.3, 0.4) is 0 Å². The third-order valence-electron chi connectivity index (χ3n) is 4.21. The number of ether oxygens (including phenoxy) is 1. The summed E-state index contributed by atoms with van der Waals surface area (Å²) in [4.78, 5) is 27.6. The van der Waals surface area contributed by atoms with Gasteiger partial charge in [-0.2, -0.15) is 0 Å². The lowest BCUT2D eigenvalue weighted by molar-refractivity contribution is -0.149. The normalized spacial score (nSPS) is 20.4. The number of esters is 1. The van der Waals surface area contributed by atoms with Crippen LogP contribution in [0.5, 0.6) is 0 Å². The van der Waals surface area contributed by atoms with E-state index in [0.29, 0.717) is 23.8 Å². The molecule has 1 amide bonds. The van der Waals surface area contributed by atoms with Crippen LogP contribution in [-0.4, -0.2) is 40.6 Å². The molecule has 1 aliphatic rings. The van der Waals surface area contributed by atoms with E-state index in [2.05, 4.69) is 13.8 Å². The lowest BCUT2D eigenvalue weighted by atomic mass is 10.0. The van der Waals surface area contributed by atoms with Gasteiger partial charge in [0.2, 0.25) is 0 Å². The van der Waals surface area contributed by atoms with Gasteiger partial charge in [0.15, 0.2) is 0 Å². The van der Waals surface area contributed by atoms with Crippen LogP contribution in [0.25, 0.3) is 0 Å². The molecule has 1 heterocycles. The van der Waals surface area contributed by atoms with Gasteiger partial charge in [0, 0.05) is 11.3 Å². The smallest absolute Gasteiger partial charge is 0.329 e. The van der Waals surface area contributed by atoms with Crippen LogP contribution < -0.4 is 0 Å². The molecule has 25 heavy (non-hydrogen) atoms. The minimum absolute atomic E-state index is 0.0173. The largest absolute Gasteiger partial charge is 0.464 e. The molecule has 0 spiro atoms. The van der Waals surface area contributed by atoms with Crippen molar-refractivity contribution in [2.24, 2.45) is 11.8 Å². The Hall–Kier alpha value is -1.49. The zero-order valence-electron chi connectivity index (χ0n) is 15.8. The molecule has 0 N–H and O–H groups in total. The second-order valence-electron chi connectivity index (χ2n) is 7.48. The highest BCUT2D eigenvalue weighted by Crippen LogP contribution is 2.35. The first-order valence-electron chi connectivity index (χ1n) is 8.97. The molecule has 2 atom stereocenters. The second kappa shape index (κ2) is 8.75. The quantitative estimate of drug-likeness (QED) is 0.713. The monoisotopic (exact) mass is 363 g/mol. The van der Waals surface area contributed by atoms with Gasteiger partial charge in [0.25, 0.3) is 5.91 Å². The van der Waals surface area contributed by atoms with Crippen LogP contribution in [0.2, 0.25) is 0 Å². The molecule has 5 heteroatoms. The summed E-state index contributed by atoms with van der Waals surface area (Å²) in [7, 11) is 0. The molecule has 2 unspecified atom stereocenters. The number of hydrogen-bond acceptors (Lipinski definition) is 4. The predicted octanol–water partition coefficient (Wildman–Crippen LogP) is 4.12. The summed E-state index contributed by atoms with van der Waals surface area (Å²) < 4.78 is 5.44. The van der Waals surface area contributed by atoms with Crippen LogP contribution >= 0.6 is 11.8 Å². The number of aryl methyl sites for hydroxylation is 1. The summed E-state index contributed by atoms with van der Waals surface area (Å²) in [6.45, 7) is 10.6. The Labute approximate surface area is 155 Å². The second-order valence-corrected chi connectivity index (χ2v) is 8.70. The maximum atomic E-state index is 13.2. The fourth-order valence-corrected chi connectivity index (χ4v) is 4.52. The lowest BCUT2D eigenvalue weighted by Gasteiger charge is -2.30. The number of rotatable bonds is 6. The Bertz CT molecular complexity index is 615. The van der Waals surface area contributed by atoms with Gasteiger partial charge in [-0.3, -0.25) is 4.79 Å². The van der Waals surface area contributed by atoms with Crippen LogP contribution in [-0.2, 0) is 9.53 Å². The first-order valence-corrected chi connectivity index (χ1v) is 10.0. The van der Waals surface area contributed by atoms with E-state index in [1.807, 2.05) is 45.0 Å². The van der Waals surface area contributed by atoms with Crippen LogP contribution in [0, 0.1) is 18.8 Å². The molecule has 138 valence electrons. The van der Waals surface area contributed by atoms with Crippen molar-refractivity contribution >= 4 is 23.6 Å². The van der Waals surface area contributed by atoms with Gasteiger partial charge in [-0.15, -0.1) is 11.8 Å². The average molecular weight is 364 g/mol. The van der Waals surface area contributed by atoms with Crippen LogP contribution in [0.4, 0.5) is 0 Å². The fraction of sp³-hybridized carbons (Fsp3) is 0.600. The lowest BCUT2D eigenvalue weighted by Crippen LogP contribution is -2.47. The number of hydrogen-bond donors (Lipinski definition) is 0. The Kier molecular flexibility index (Phi) is 6.94. The number of carbonyl (C=O) groups excluding carboxylic acids is 2. The molecule has 0 aliphatic carbocycles. The summed E-state index contributed by atoms with van der Waals surface area (Å²) in [5.74, 6) is 0.987. The maximum Gasteiger partial charge on any atom is 0.329 e. The Balaban J connectivity index is 2.25. The van der Waals surface area contributed by atoms with Crippen LogP contribution in [0.15, 0.2) is 24.3 Å². The Morgan fingerprint density at radius 1 is 1.20 bits per heavy atom. The van der Waals surface area contributed by atoms with E-state index >= 15 is 0 Å². The topological polar surface area (TPSA) is 46.6 Å². The molecule has 1 aromatic carbocycles. The Morgan fingerprint density at radius 3 is 2.48 bits per heavy atom. The summed E-state index contributed by atoms with van der Waals surface area (Å²) in [6, 6.07) is 7.06. The molecule has 0 aromatic heterocycles. The summed E-state index contributed by atoms with van der Waals surface area (Å²) >= 11 is 1.68. The fourth-order valence-electron chi connectivity index (χ4n) is 2.90. The molecule has 1 saturated heterocycles. The number of benzene rings is 1. The van der Waals surface area contributed by atoms with Gasteiger partial charge < -0.3 is 9.64 Å². The first-order chi connectivity index (χ1) is 11.8. The number of amides is 1. The maximum absolute atomic E-state index is 13.2. The van der Waals surface area contributed by atoms with Crippen molar-refractivity contribution in [3.63, 3.8) is 0 Å². The predicted molar refractivity (Wildman–Crippen MR) is 103 cm³/mol. The molecule has 2 rings (SSSR count). The van der Waals surface area contributed by atoms with Crippen LogP contribution in [0.1, 0.15) is 50.0 Å². The molecule has 0 saturated carbocycles. The highest BCUT2D eigenvalue weighted by atomic mass is 32.2. The van der Waals surface area contributed by atoms with Crippen molar-refractivity contribution in [2.75, 3.05) is 12.4 Å². The van der Waals surface area contributed by atoms with Gasteiger partial charge in [-0.25, -0.2) is 4.79 Å². The first kappa shape index (κ1) is 19.8. The number of carbonyl (C=O) groups is 2. The zero-order chi connectivity index (χ0) is 18.6. The Morgan fingerprint density at radius 2 is 1.88 bits per heavy atom. The SMILES string of the molecule is Cc1ccccc1C(=O)N1C(CC(C)C)SCC1C(=O)OCC(C)C. The minimum atomic E-state index is -0.500. The van der Waals surface area contributed by atoms with E-state index in [1.54, 1.807) is 16.7 Å². The third kappa shape index (κ3) is 5.00. The van der Waals surface area contributed by atoms with Gasteiger partial charge in [-0.1, -0.05) is 45.9 Å². The van der Waals surface area contributed by atoms with Gasteiger partial charge >= 0.3 is 5.97 Å². The molecular weight excluding hydrogens is 334 g/mol. The molecule has 1 fully saturated rings. The van der Waals surface area contributed by atoms with E-state index in [4.69, 9.17) is 4.74 Å². The standard InChI is InChI=1S/C20H29NO3S/c1-13(2)10-18-21(19(22)16-9-7-6-8-15(16)5)17(12-25-18)20(23)24-11-14(3)4/h6-9,13-14,17-18H,10-12H2,1-5H3. The molecule has 0 bridgehead atoms. The molecular formula is C20H29NO3S. The van der Waals surface area contributed by atoms with Crippen molar-refractivity contribution in [1.29, 1.82) is 0 Å². The van der Waals surface area contributed by atoms with Crippen molar-refractivity contribution in [3.8, 4) is 0 Å². The van der Waals surface area contributed by atoms with Crippen molar-refractivity contribution in [3.05, 3.63) is 35.4 Å². The summed E-state index contributed by atoms with van der Waals surface area (Å²) in [5, 5.41) is 0.0173. The highest BCUT2D eigenvalue weighted by molar-refractivity contribution is 8.00. The number of nitrogens with zero attached hydrogens (tertiary/aromatic N) is 1. The van der Waals surface area contributed by atoms with E-state index in [-0.39, 0.29) is 23.2 Å². The van der Waals surface area contributed by atoms with E-state index in [0.717, 1.165) is 12.0 Å². The van der Waals surface area contributed by atoms with Crippen molar-refractivity contribution in [1.82, 2.24) is 4.90 Å².